The van der Waals surface area contributed by atoms with Crippen molar-refractivity contribution in [2.45, 2.75) is 12.8 Å². The maximum Gasteiger partial charge on any atom is 0.315 e. The highest BCUT2D eigenvalue weighted by Crippen LogP contribution is 2.39. The number of rotatable bonds is 1. The van der Waals surface area contributed by atoms with Crippen molar-refractivity contribution in [1.82, 2.24) is 5.32 Å². The summed E-state index contributed by atoms with van der Waals surface area (Å²) < 4.78 is 0. The van der Waals surface area contributed by atoms with Gasteiger partial charge < -0.3 is 10.4 Å². The third-order valence-corrected chi connectivity index (χ3v) is 3.03. The Morgan fingerprint density at radius 1 is 1.67 bits per heavy atom. The first-order valence-electron chi connectivity index (χ1n) is 4.37. The van der Waals surface area contributed by atoms with Gasteiger partial charge in [-0.25, -0.2) is 0 Å². The van der Waals surface area contributed by atoms with Crippen LogP contribution >= 0.6 is 0 Å². The lowest BCUT2D eigenvalue weighted by atomic mass is 9.72. The van der Waals surface area contributed by atoms with E-state index in [0.29, 0.717) is 12.5 Å². The topological polar surface area (TPSA) is 49.3 Å². The van der Waals surface area contributed by atoms with E-state index >= 15 is 0 Å². The maximum absolute atomic E-state index is 11.1. The number of aliphatic carboxylic acids is 1. The third kappa shape index (κ3) is 0.894. The molecule has 0 aromatic rings. The van der Waals surface area contributed by atoms with Crippen molar-refractivity contribution in [2.75, 3.05) is 13.1 Å². The molecule has 1 heterocycles. The summed E-state index contributed by atoms with van der Waals surface area (Å²) in [6.45, 7) is 1.46. The molecular weight excluding hydrogens is 154 g/mol. The molecule has 2 atom stereocenters. The minimum atomic E-state index is -0.673. The zero-order valence-corrected chi connectivity index (χ0v) is 6.92. The molecule has 0 aromatic heterocycles. The highest BCUT2D eigenvalue weighted by molar-refractivity contribution is 5.78. The van der Waals surface area contributed by atoms with Crippen LogP contribution < -0.4 is 5.32 Å². The molecule has 12 heavy (non-hydrogen) atoms. The molecule has 0 radical (unpaired) electrons. The van der Waals surface area contributed by atoms with Gasteiger partial charge in [0.1, 0.15) is 5.41 Å². The van der Waals surface area contributed by atoms with Crippen LogP contribution in [0.15, 0.2) is 12.2 Å². The average molecular weight is 167 g/mol. The van der Waals surface area contributed by atoms with Crippen molar-refractivity contribution in [3.63, 3.8) is 0 Å². The van der Waals surface area contributed by atoms with Gasteiger partial charge in [-0.1, -0.05) is 12.2 Å². The zero-order valence-electron chi connectivity index (χ0n) is 6.92. The highest BCUT2D eigenvalue weighted by Gasteiger charge is 2.47. The van der Waals surface area contributed by atoms with Crippen LogP contribution in [0.2, 0.25) is 0 Å². The Morgan fingerprint density at radius 2 is 2.50 bits per heavy atom. The molecule has 0 bridgehead atoms. The van der Waals surface area contributed by atoms with Crippen LogP contribution in [0.5, 0.6) is 0 Å². The number of allylic oxidation sites excluding steroid dienone is 1. The normalized spacial score (nSPS) is 39.5. The summed E-state index contributed by atoms with van der Waals surface area (Å²) in [7, 11) is 0. The molecule has 2 rings (SSSR count). The van der Waals surface area contributed by atoms with Crippen LogP contribution in [0.3, 0.4) is 0 Å². The van der Waals surface area contributed by atoms with Gasteiger partial charge in [-0.15, -0.1) is 0 Å². The van der Waals surface area contributed by atoms with Gasteiger partial charge in [-0.05, 0) is 25.3 Å². The van der Waals surface area contributed by atoms with Gasteiger partial charge in [-0.2, -0.15) is 0 Å². The van der Waals surface area contributed by atoms with Crippen LogP contribution in [-0.2, 0) is 4.79 Å². The Balaban J connectivity index is 2.34. The number of hydrogen-bond acceptors (Lipinski definition) is 2. The van der Waals surface area contributed by atoms with E-state index in [-0.39, 0.29) is 0 Å². The predicted octanol–water partition coefficient (Wildman–Crippen LogP) is 0.627. The van der Waals surface area contributed by atoms with Crippen LogP contribution in [0.4, 0.5) is 0 Å². The van der Waals surface area contributed by atoms with Crippen LogP contribution in [0, 0.1) is 11.3 Å². The molecule has 0 aromatic carbocycles. The zero-order chi connectivity index (χ0) is 8.60. The van der Waals surface area contributed by atoms with Crippen molar-refractivity contribution < 1.29 is 9.90 Å². The molecule has 1 fully saturated rings. The molecule has 2 N–H and O–H groups in total. The van der Waals surface area contributed by atoms with E-state index in [1.807, 2.05) is 12.2 Å². The molecule has 3 nitrogen and oxygen atoms in total. The summed E-state index contributed by atoms with van der Waals surface area (Å²) in [6, 6.07) is 0. The van der Waals surface area contributed by atoms with Gasteiger partial charge in [0.2, 0.25) is 0 Å². The molecule has 3 heteroatoms. The predicted molar refractivity (Wildman–Crippen MR) is 44.8 cm³/mol. The van der Waals surface area contributed by atoms with Gasteiger partial charge in [0.15, 0.2) is 0 Å². The Morgan fingerprint density at radius 3 is 3.17 bits per heavy atom. The SMILES string of the molecule is O=C(O)C12C=CCCC1CNC2. The molecular formula is C9H13NO2. The highest BCUT2D eigenvalue weighted by atomic mass is 16.4. The Kier molecular flexibility index (Phi) is 1.68. The lowest BCUT2D eigenvalue weighted by Gasteiger charge is -2.29. The number of nitrogens with one attached hydrogen (secondary N) is 1. The summed E-state index contributed by atoms with van der Waals surface area (Å²) in [6.07, 6.45) is 5.91. The number of hydrogen-bond donors (Lipinski definition) is 2. The van der Waals surface area contributed by atoms with Gasteiger partial charge in [0, 0.05) is 6.54 Å². The van der Waals surface area contributed by atoms with Crippen molar-refractivity contribution >= 4 is 5.97 Å². The van der Waals surface area contributed by atoms with Crippen molar-refractivity contribution in [3.8, 4) is 0 Å². The van der Waals surface area contributed by atoms with Crippen LogP contribution in [0.25, 0.3) is 0 Å². The monoisotopic (exact) mass is 167 g/mol. The molecule has 0 saturated carbocycles. The largest absolute Gasteiger partial charge is 0.481 e. The molecule has 2 unspecified atom stereocenters. The fraction of sp³-hybridized carbons (Fsp3) is 0.667. The van der Waals surface area contributed by atoms with Gasteiger partial charge in [0.05, 0.1) is 0 Å². The van der Waals surface area contributed by atoms with E-state index in [0.717, 1.165) is 19.4 Å². The molecule has 2 aliphatic rings. The Bertz CT molecular complexity index is 237. The second kappa shape index (κ2) is 2.59. The van der Waals surface area contributed by atoms with E-state index in [1.165, 1.54) is 0 Å². The summed E-state index contributed by atoms with van der Waals surface area (Å²) in [5.41, 5.74) is -0.585. The number of carboxylic acid groups (broad SMARTS) is 1. The molecule has 1 aliphatic heterocycles. The summed E-state index contributed by atoms with van der Waals surface area (Å²) >= 11 is 0. The van der Waals surface area contributed by atoms with Crippen molar-refractivity contribution in [3.05, 3.63) is 12.2 Å². The second-order valence-corrected chi connectivity index (χ2v) is 3.65. The number of fused-ring (bicyclic) bond motifs is 1. The van der Waals surface area contributed by atoms with Crippen molar-refractivity contribution in [2.24, 2.45) is 11.3 Å². The minimum Gasteiger partial charge on any atom is -0.481 e. The average Bonchev–Trinajstić information content (AvgIpc) is 2.48. The van der Waals surface area contributed by atoms with Gasteiger partial charge in [-0.3, -0.25) is 4.79 Å². The number of carboxylic acids is 1. The minimum absolute atomic E-state index is 0.306. The summed E-state index contributed by atoms with van der Waals surface area (Å²) in [4.78, 5) is 11.1. The van der Waals surface area contributed by atoms with E-state index < -0.39 is 11.4 Å². The smallest absolute Gasteiger partial charge is 0.315 e. The standard InChI is InChI=1S/C9H13NO2/c11-8(12)9-4-2-1-3-7(9)5-10-6-9/h2,4,7,10H,1,3,5-6H2,(H,11,12). The van der Waals surface area contributed by atoms with E-state index in [2.05, 4.69) is 5.32 Å². The number of carbonyl (C=O) groups is 1. The molecule has 0 amide bonds. The lowest BCUT2D eigenvalue weighted by Crippen LogP contribution is -2.38. The summed E-state index contributed by atoms with van der Waals surface area (Å²) in [5.74, 6) is -0.367. The first kappa shape index (κ1) is 7.80. The van der Waals surface area contributed by atoms with E-state index in [4.69, 9.17) is 5.11 Å². The molecule has 1 aliphatic carbocycles. The van der Waals surface area contributed by atoms with Gasteiger partial charge >= 0.3 is 5.97 Å². The molecule has 66 valence electrons. The Hall–Kier alpha value is -0.830. The van der Waals surface area contributed by atoms with Crippen LogP contribution in [-0.4, -0.2) is 24.2 Å². The first-order valence-corrected chi connectivity index (χ1v) is 4.37. The third-order valence-electron chi connectivity index (χ3n) is 3.03. The fourth-order valence-corrected chi connectivity index (χ4v) is 2.25. The van der Waals surface area contributed by atoms with E-state index in [1.54, 1.807) is 0 Å². The lowest BCUT2D eigenvalue weighted by molar-refractivity contribution is -0.147. The fourth-order valence-electron chi connectivity index (χ4n) is 2.25. The van der Waals surface area contributed by atoms with E-state index in [9.17, 15) is 4.79 Å². The van der Waals surface area contributed by atoms with Gasteiger partial charge in [0.25, 0.3) is 0 Å². The van der Waals surface area contributed by atoms with Crippen LogP contribution in [0.1, 0.15) is 12.8 Å². The maximum atomic E-state index is 11.1. The molecule has 0 spiro atoms. The molecule has 1 saturated heterocycles. The second-order valence-electron chi connectivity index (χ2n) is 3.65. The Labute approximate surface area is 71.5 Å². The van der Waals surface area contributed by atoms with Crippen molar-refractivity contribution in [1.29, 1.82) is 0 Å². The quantitative estimate of drug-likeness (QED) is 0.563. The summed E-state index contributed by atoms with van der Waals surface area (Å²) in [5, 5.41) is 12.3. The first-order chi connectivity index (χ1) is 5.76.